The van der Waals surface area contributed by atoms with Gasteiger partial charge in [0.2, 0.25) is 0 Å². The molecule has 2 fully saturated rings. The van der Waals surface area contributed by atoms with E-state index in [0.29, 0.717) is 0 Å². The summed E-state index contributed by atoms with van der Waals surface area (Å²) in [7, 11) is 0. The van der Waals surface area contributed by atoms with E-state index in [9.17, 15) is 0 Å². The predicted molar refractivity (Wildman–Crippen MR) is 53.0 cm³/mol. The van der Waals surface area contributed by atoms with Crippen molar-refractivity contribution < 1.29 is 0 Å². The predicted octanol–water partition coefficient (Wildman–Crippen LogP) is 3.86. The van der Waals surface area contributed by atoms with Crippen molar-refractivity contribution in [3.05, 3.63) is 0 Å². The van der Waals surface area contributed by atoms with Gasteiger partial charge in [0, 0.05) is 0 Å². The molecule has 0 aromatic carbocycles. The van der Waals surface area contributed by atoms with Crippen LogP contribution in [-0.4, -0.2) is 0 Å². The van der Waals surface area contributed by atoms with Gasteiger partial charge in [-0.25, -0.2) is 0 Å². The summed E-state index contributed by atoms with van der Waals surface area (Å²) in [5.74, 6) is 4.26. The molecule has 70 valence electrons. The molecule has 0 amide bonds. The molecular formula is C12H22. The van der Waals surface area contributed by atoms with E-state index in [0.717, 1.165) is 23.7 Å². The molecule has 0 aromatic rings. The second-order valence-corrected chi connectivity index (χ2v) is 5.26. The van der Waals surface area contributed by atoms with Crippen molar-refractivity contribution in [1.29, 1.82) is 0 Å². The Morgan fingerprint density at radius 3 is 2.50 bits per heavy atom. The van der Waals surface area contributed by atoms with Gasteiger partial charge in [0.1, 0.15) is 0 Å². The van der Waals surface area contributed by atoms with Crippen molar-refractivity contribution in [2.45, 2.75) is 52.4 Å². The molecular weight excluding hydrogens is 144 g/mol. The highest BCUT2D eigenvalue weighted by Gasteiger charge is 2.34. The van der Waals surface area contributed by atoms with Crippen molar-refractivity contribution in [2.24, 2.45) is 23.7 Å². The number of hydrogen-bond acceptors (Lipinski definition) is 0. The van der Waals surface area contributed by atoms with Crippen molar-refractivity contribution >= 4 is 0 Å². The van der Waals surface area contributed by atoms with Gasteiger partial charge in [-0.05, 0) is 42.9 Å². The van der Waals surface area contributed by atoms with Crippen LogP contribution < -0.4 is 0 Å². The van der Waals surface area contributed by atoms with Gasteiger partial charge in [0.15, 0.2) is 0 Å². The molecule has 0 saturated heterocycles. The Labute approximate surface area is 76.7 Å². The fourth-order valence-corrected chi connectivity index (χ4v) is 3.70. The zero-order chi connectivity index (χ0) is 8.55. The molecule has 0 N–H and O–H groups in total. The topological polar surface area (TPSA) is 0 Å². The third-order valence-corrected chi connectivity index (χ3v) is 4.18. The Hall–Kier alpha value is 0. The van der Waals surface area contributed by atoms with Crippen LogP contribution in [0.25, 0.3) is 0 Å². The van der Waals surface area contributed by atoms with Gasteiger partial charge in [0.25, 0.3) is 0 Å². The molecule has 0 aromatic heterocycles. The van der Waals surface area contributed by atoms with E-state index in [1.807, 2.05) is 0 Å². The molecule has 0 aliphatic heterocycles. The van der Waals surface area contributed by atoms with Crippen LogP contribution in [0.2, 0.25) is 0 Å². The van der Waals surface area contributed by atoms with Crippen molar-refractivity contribution in [2.75, 3.05) is 0 Å². The normalized spacial score (nSPS) is 48.5. The van der Waals surface area contributed by atoms with Gasteiger partial charge in [-0.15, -0.1) is 0 Å². The zero-order valence-corrected chi connectivity index (χ0v) is 8.55. The van der Waals surface area contributed by atoms with Gasteiger partial charge in [-0.3, -0.25) is 0 Å². The van der Waals surface area contributed by atoms with Crippen molar-refractivity contribution in [3.8, 4) is 0 Å². The minimum Gasteiger partial charge on any atom is -0.0625 e. The SMILES string of the molecule is C[C@H]1C[C@@H]2CCCC[C@H]2[C@@H](C)C1. The van der Waals surface area contributed by atoms with E-state index in [1.165, 1.54) is 25.7 Å². The summed E-state index contributed by atoms with van der Waals surface area (Å²) in [6.07, 6.45) is 9.15. The first-order valence-electron chi connectivity index (χ1n) is 5.77. The lowest BCUT2D eigenvalue weighted by Crippen LogP contribution is -2.32. The molecule has 12 heavy (non-hydrogen) atoms. The smallest absolute Gasteiger partial charge is 0.0360 e. The third kappa shape index (κ3) is 1.53. The van der Waals surface area contributed by atoms with Gasteiger partial charge < -0.3 is 0 Å². The molecule has 0 heterocycles. The van der Waals surface area contributed by atoms with Crippen LogP contribution in [0, 0.1) is 23.7 Å². The minimum atomic E-state index is 1.01. The second-order valence-electron chi connectivity index (χ2n) is 5.26. The summed E-state index contributed by atoms with van der Waals surface area (Å²) in [5.41, 5.74) is 0. The first-order chi connectivity index (χ1) is 5.77. The molecule has 0 spiro atoms. The minimum absolute atomic E-state index is 1.01. The quantitative estimate of drug-likeness (QED) is 0.512. The van der Waals surface area contributed by atoms with Gasteiger partial charge in [-0.1, -0.05) is 33.1 Å². The fraction of sp³-hybridized carbons (Fsp3) is 1.00. The number of fused-ring (bicyclic) bond motifs is 1. The van der Waals surface area contributed by atoms with E-state index in [1.54, 1.807) is 12.8 Å². The Kier molecular flexibility index (Phi) is 2.43. The Morgan fingerprint density at radius 2 is 1.67 bits per heavy atom. The van der Waals surface area contributed by atoms with Crippen LogP contribution in [0.4, 0.5) is 0 Å². The first-order valence-corrected chi connectivity index (χ1v) is 5.77. The number of rotatable bonds is 0. The van der Waals surface area contributed by atoms with Crippen LogP contribution in [0.15, 0.2) is 0 Å². The maximum absolute atomic E-state index is 2.48. The maximum Gasteiger partial charge on any atom is -0.0360 e. The molecule has 0 unspecified atom stereocenters. The molecule has 4 atom stereocenters. The van der Waals surface area contributed by atoms with E-state index in [4.69, 9.17) is 0 Å². The molecule has 2 aliphatic carbocycles. The summed E-state index contributed by atoms with van der Waals surface area (Å²) >= 11 is 0. The standard InChI is InChI=1S/C12H22/c1-9-7-10(2)12-6-4-3-5-11(12)8-9/h9-12H,3-8H2,1-2H3/t9-,10+,11+,12+/m1/s1. The lowest BCUT2D eigenvalue weighted by molar-refractivity contribution is 0.0827. The molecule has 2 saturated carbocycles. The van der Waals surface area contributed by atoms with Crippen LogP contribution >= 0.6 is 0 Å². The molecule has 2 aliphatic rings. The summed E-state index contributed by atoms with van der Waals surface area (Å²) in [5, 5.41) is 0. The van der Waals surface area contributed by atoms with Gasteiger partial charge in [0.05, 0.1) is 0 Å². The Bertz CT molecular complexity index is 150. The molecule has 0 nitrogen and oxygen atoms in total. The van der Waals surface area contributed by atoms with E-state index >= 15 is 0 Å². The van der Waals surface area contributed by atoms with E-state index in [-0.39, 0.29) is 0 Å². The maximum atomic E-state index is 2.48. The average molecular weight is 166 g/mol. The Balaban J connectivity index is 2.01. The molecule has 0 heteroatoms. The fourth-order valence-electron chi connectivity index (χ4n) is 3.70. The van der Waals surface area contributed by atoms with Crippen LogP contribution in [-0.2, 0) is 0 Å². The van der Waals surface area contributed by atoms with Gasteiger partial charge >= 0.3 is 0 Å². The molecule has 0 bridgehead atoms. The van der Waals surface area contributed by atoms with Crippen molar-refractivity contribution in [1.82, 2.24) is 0 Å². The Morgan fingerprint density at radius 1 is 0.917 bits per heavy atom. The lowest BCUT2D eigenvalue weighted by Gasteiger charge is -2.42. The highest BCUT2D eigenvalue weighted by Crippen LogP contribution is 2.45. The largest absolute Gasteiger partial charge is 0.0625 e. The van der Waals surface area contributed by atoms with Crippen molar-refractivity contribution in [3.63, 3.8) is 0 Å². The highest BCUT2D eigenvalue weighted by molar-refractivity contribution is 4.85. The summed E-state index contributed by atoms with van der Waals surface area (Å²) in [6, 6.07) is 0. The highest BCUT2D eigenvalue weighted by atomic mass is 14.4. The van der Waals surface area contributed by atoms with E-state index < -0.39 is 0 Å². The molecule has 2 rings (SSSR count). The van der Waals surface area contributed by atoms with Crippen LogP contribution in [0.1, 0.15) is 52.4 Å². The number of hydrogen-bond donors (Lipinski definition) is 0. The monoisotopic (exact) mass is 166 g/mol. The van der Waals surface area contributed by atoms with Gasteiger partial charge in [-0.2, -0.15) is 0 Å². The van der Waals surface area contributed by atoms with Crippen LogP contribution in [0.5, 0.6) is 0 Å². The lowest BCUT2D eigenvalue weighted by atomic mass is 9.63. The summed E-state index contributed by atoms with van der Waals surface area (Å²) < 4.78 is 0. The summed E-state index contributed by atoms with van der Waals surface area (Å²) in [4.78, 5) is 0. The third-order valence-electron chi connectivity index (χ3n) is 4.18. The summed E-state index contributed by atoms with van der Waals surface area (Å²) in [6.45, 7) is 4.93. The zero-order valence-electron chi connectivity index (χ0n) is 8.55. The average Bonchev–Trinajstić information content (AvgIpc) is 2.04. The van der Waals surface area contributed by atoms with Crippen LogP contribution in [0.3, 0.4) is 0 Å². The first kappa shape index (κ1) is 8.59. The molecule has 0 radical (unpaired) electrons. The van der Waals surface area contributed by atoms with E-state index in [2.05, 4.69) is 13.8 Å². The second kappa shape index (κ2) is 3.40.